The average Bonchev–Trinajstić information content (AvgIpc) is 3.09. The fourth-order valence-corrected chi connectivity index (χ4v) is 2.13. The molecule has 1 aliphatic rings. The molecule has 0 saturated heterocycles. The number of anilines is 1. The molecule has 0 atom stereocenters. The molecule has 1 saturated carbocycles. The van der Waals surface area contributed by atoms with Crippen molar-refractivity contribution in [2.24, 2.45) is 11.7 Å². The van der Waals surface area contributed by atoms with Gasteiger partial charge in [0.05, 0.1) is 0 Å². The molecule has 1 aromatic rings. The summed E-state index contributed by atoms with van der Waals surface area (Å²) in [4.78, 5) is 2.33. The van der Waals surface area contributed by atoms with Crippen LogP contribution in [-0.4, -0.2) is 12.6 Å². The van der Waals surface area contributed by atoms with E-state index in [2.05, 4.69) is 18.7 Å². The second-order valence-electron chi connectivity index (χ2n) is 5.26. The molecule has 0 amide bonds. The van der Waals surface area contributed by atoms with Crippen LogP contribution >= 0.6 is 0 Å². The first-order chi connectivity index (χ1) is 8.11. The predicted octanol–water partition coefficient (Wildman–Crippen LogP) is 2.91. The SMILES string of the molecule is CC(C)CN(c1ccc(CN)c(F)c1)C1CC1. The number of benzene rings is 1. The summed E-state index contributed by atoms with van der Waals surface area (Å²) < 4.78 is 13.7. The molecular weight excluding hydrogens is 215 g/mol. The molecule has 3 heteroatoms. The van der Waals surface area contributed by atoms with Crippen molar-refractivity contribution in [3.8, 4) is 0 Å². The summed E-state index contributed by atoms with van der Waals surface area (Å²) in [5, 5.41) is 0. The first kappa shape index (κ1) is 12.4. The first-order valence-corrected chi connectivity index (χ1v) is 6.37. The Morgan fingerprint density at radius 1 is 1.41 bits per heavy atom. The summed E-state index contributed by atoms with van der Waals surface area (Å²) in [7, 11) is 0. The Bertz CT molecular complexity index is 386. The average molecular weight is 236 g/mol. The number of rotatable bonds is 5. The third kappa shape index (κ3) is 2.97. The molecule has 17 heavy (non-hydrogen) atoms. The van der Waals surface area contributed by atoms with Crippen LogP contribution < -0.4 is 10.6 Å². The van der Waals surface area contributed by atoms with Gasteiger partial charge in [0.25, 0.3) is 0 Å². The molecule has 2 N–H and O–H groups in total. The smallest absolute Gasteiger partial charge is 0.129 e. The van der Waals surface area contributed by atoms with Gasteiger partial charge in [0.2, 0.25) is 0 Å². The van der Waals surface area contributed by atoms with Gasteiger partial charge in [-0.25, -0.2) is 4.39 Å². The fraction of sp³-hybridized carbons (Fsp3) is 0.571. The molecule has 1 aromatic carbocycles. The Hall–Kier alpha value is -1.09. The molecule has 94 valence electrons. The van der Waals surface area contributed by atoms with Crippen LogP contribution in [0, 0.1) is 11.7 Å². The highest BCUT2D eigenvalue weighted by molar-refractivity contribution is 5.50. The molecule has 0 aromatic heterocycles. The maximum absolute atomic E-state index is 13.7. The normalized spacial score (nSPS) is 15.4. The standard InChI is InChI=1S/C14H21FN2/c1-10(2)9-17(12-5-6-12)13-4-3-11(8-16)14(15)7-13/h3-4,7,10,12H,5-6,8-9,16H2,1-2H3. The van der Waals surface area contributed by atoms with Crippen LogP contribution in [0.2, 0.25) is 0 Å². The third-order valence-corrected chi connectivity index (χ3v) is 3.14. The lowest BCUT2D eigenvalue weighted by Gasteiger charge is -2.27. The van der Waals surface area contributed by atoms with Gasteiger partial charge >= 0.3 is 0 Å². The lowest BCUT2D eigenvalue weighted by molar-refractivity contribution is 0.594. The lowest BCUT2D eigenvalue weighted by Crippen LogP contribution is -2.29. The van der Waals surface area contributed by atoms with Crippen molar-refractivity contribution >= 4 is 5.69 Å². The van der Waals surface area contributed by atoms with E-state index >= 15 is 0 Å². The zero-order chi connectivity index (χ0) is 12.4. The van der Waals surface area contributed by atoms with Crippen LogP contribution in [0.5, 0.6) is 0 Å². The van der Waals surface area contributed by atoms with Gasteiger partial charge in [0, 0.05) is 30.4 Å². The van der Waals surface area contributed by atoms with Crippen LogP contribution in [0.1, 0.15) is 32.3 Å². The van der Waals surface area contributed by atoms with Gasteiger partial charge in [0.15, 0.2) is 0 Å². The number of nitrogens with two attached hydrogens (primary N) is 1. The largest absolute Gasteiger partial charge is 0.368 e. The van der Waals surface area contributed by atoms with E-state index in [9.17, 15) is 4.39 Å². The number of hydrogen-bond donors (Lipinski definition) is 1. The highest BCUT2D eigenvalue weighted by Crippen LogP contribution is 2.33. The van der Waals surface area contributed by atoms with Crippen LogP contribution in [0.3, 0.4) is 0 Å². The van der Waals surface area contributed by atoms with E-state index < -0.39 is 0 Å². The molecule has 0 bridgehead atoms. The minimum Gasteiger partial charge on any atom is -0.368 e. The molecular formula is C14H21FN2. The summed E-state index contributed by atoms with van der Waals surface area (Å²) in [6.07, 6.45) is 2.46. The van der Waals surface area contributed by atoms with Crippen LogP contribution in [0.4, 0.5) is 10.1 Å². The van der Waals surface area contributed by atoms with E-state index in [1.807, 2.05) is 6.07 Å². The summed E-state index contributed by atoms with van der Waals surface area (Å²) in [5.74, 6) is 0.409. The van der Waals surface area contributed by atoms with Crippen molar-refractivity contribution in [3.63, 3.8) is 0 Å². The fourth-order valence-electron chi connectivity index (χ4n) is 2.13. The van der Waals surface area contributed by atoms with E-state index in [0.717, 1.165) is 12.2 Å². The highest BCUT2D eigenvalue weighted by Gasteiger charge is 2.29. The third-order valence-electron chi connectivity index (χ3n) is 3.14. The summed E-state index contributed by atoms with van der Waals surface area (Å²) in [6, 6.07) is 6.04. The molecule has 2 nitrogen and oxygen atoms in total. The second-order valence-corrected chi connectivity index (χ2v) is 5.26. The molecule has 1 aliphatic carbocycles. The van der Waals surface area contributed by atoms with Crippen molar-refractivity contribution in [1.82, 2.24) is 0 Å². The molecule has 0 aliphatic heterocycles. The highest BCUT2D eigenvalue weighted by atomic mass is 19.1. The van der Waals surface area contributed by atoms with E-state index in [1.165, 1.54) is 12.8 Å². The van der Waals surface area contributed by atoms with Crippen molar-refractivity contribution in [2.75, 3.05) is 11.4 Å². The van der Waals surface area contributed by atoms with Gasteiger partial charge < -0.3 is 10.6 Å². The quantitative estimate of drug-likeness (QED) is 0.851. The van der Waals surface area contributed by atoms with Gasteiger partial charge in [-0.3, -0.25) is 0 Å². The monoisotopic (exact) mass is 236 g/mol. The van der Waals surface area contributed by atoms with Crippen molar-refractivity contribution in [2.45, 2.75) is 39.3 Å². The minimum atomic E-state index is -0.181. The van der Waals surface area contributed by atoms with Crippen molar-refractivity contribution in [3.05, 3.63) is 29.6 Å². The first-order valence-electron chi connectivity index (χ1n) is 6.37. The van der Waals surface area contributed by atoms with E-state index in [0.29, 0.717) is 17.5 Å². The molecule has 0 spiro atoms. The van der Waals surface area contributed by atoms with Crippen molar-refractivity contribution in [1.29, 1.82) is 0 Å². The maximum atomic E-state index is 13.7. The Labute approximate surface area is 103 Å². The molecule has 2 rings (SSSR count). The predicted molar refractivity (Wildman–Crippen MR) is 69.5 cm³/mol. The second kappa shape index (κ2) is 5.05. The lowest BCUT2D eigenvalue weighted by atomic mass is 10.1. The van der Waals surface area contributed by atoms with Crippen LogP contribution in [0.15, 0.2) is 18.2 Å². The van der Waals surface area contributed by atoms with Gasteiger partial charge in [0.1, 0.15) is 5.82 Å². The number of halogens is 1. The molecule has 1 fully saturated rings. The van der Waals surface area contributed by atoms with E-state index in [4.69, 9.17) is 5.73 Å². The van der Waals surface area contributed by atoms with Crippen LogP contribution in [0.25, 0.3) is 0 Å². The Balaban J connectivity index is 2.20. The van der Waals surface area contributed by atoms with E-state index in [1.54, 1.807) is 12.1 Å². The summed E-state index contributed by atoms with van der Waals surface area (Å²) in [6.45, 7) is 5.64. The van der Waals surface area contributed by atoms with E-state index in [-0.39, 0.29) is 12.4 Å². The Morgan fingerprint density at radius 2 is 2.12 bits per heavy atom. The maximum Gasteiger partial charge on any atom is 0.129 e. The Morgan fingerprint density at radius 3 is 2.59 bits per heavy atom. The zero-order valence-corrected chi connectivity index (χ0v) is 10.6. The van der Waals surface area contributed by atoms with Gasteiger partial charge in [-0.1, -0.05) is 19.9 Å². The van der Waals surface area contributed by atoms with Gasteiger partial charge in [-0.2, -0.15) is 0 Å². The summed E-state index contributed by atoms with van der Waals surface area (Å²) in [5.41, 5.74) is 7.06. The van der Waals surface area contributed by atoms with Gasteiger partial charge in [-0.05, 0) is 30.9 Å². The van der Waals surface area contributed by atoms with Crippen molar-refractivity contribution < 1.29 is 4.39 Å². The van der Waals surface area contributed by atoms with Crippen LogP contribution in [-0.2, 0) is 6.54 Å². The minimum absolute atomic E-state index is 0.181. The Kier molecular flexibility index (Phi) is 3.67. The molecule has 0 unspecified atom stereocenters. The molecule has 0 radical (unpaired) electrons. The number of hydrogen-bond acceptors (Lipinski definition) is 2. The summed E-state index contributed by atoms with van der Waals surface area (Å²) >= 11 is 0. The van der Waals surface area contributed by atoms with Gasteiger partial charge in [-0.15, -0.1) is 0 Å². The molecule has 0 heterocycles. The topological polar surface area (TPSA) is 29.3 Å². The number of nitrogens with zero attached hydrogens (tertiary/aromatic N) is 1. The zero-order valence-electron chi connectivity index (χ0n) is 10.6.